The number of anilines is 1. The van der Waals surface area contributed by atoms with Crippen LogP contribution in [0, 0.1) is 0 Å². The summed E-state index contributed by atoms with van der Waals surface area (Å²) in [5, 5.41) is 14.8. The number of nitrogens with one attached hydrogen (secondary N) is 1. The zero-order valence-electron chi connectivity index (χ0n) is 11.6. The molecule has 1 rings (SSSR count). The van der Waals surface area contributed by atoms with Gasteiger partial charge in [0.2, 0.25) is 5.91 Å². The van der Waals surface area contributed by atoms with E-state index in [2.05, 4.69) is 10.5 Å². The minimum absolute atomic E-state index is 0.108. The van der Waals surface area contributed by atoms with Gasteiger partial charge in [0.1, 0.15) is 0 Å². The van der Waals surface area contributed by atoms with Crippen molar-refractivity contribution < 1.29 is 14.7 Å². The molecule has 0 saturated heterocycles. The number of nitrogens with two attached hydrogens (primary N) is 1. The summed E-state index contributed by atoms with van der Waals surface area (Å²) in [4.78, 5) is 12.0. The lowest BCUT2D eigenvalue weighted by Crippen LogP contribution is -2.30. The first kappa shape index (κ1) is 16.3. The maximum atomic E-state index is 12.0. The Bertz CT molecular complexity index is 530. The molecular formula is C13H18ClN3O3. The van der Waals surface area contributed by atoms with Gasteiger partial charge in [-0.1, -0.05) is 16.8 Å². The van der Waals surface area contributed by atoms with Gasteiger partial charge in [0.15, 0.2) is 5.84 Å². The van der Waals surface area contributed by atoms with Gasteiger partial charge in [-0.25, -0.2) is 0 Å². The second kappa shape index (κ2) is 6.58. The van der Waals surface area contributed by atoms with Crippen LogP contribution in [0.4, 0.5) is 5.69 Å². The van der Waals surface area contributed by atoms with Crippen LogP contribution in [0.15, 0.2) is 23.4 Å². The fourth-order valence-electron chi connectivity index (χ4n) is 1.55. The van der Waals surface area contributed by atoms with Crippen LogP contribution < -0.4 is 11.1 Å². The van der Waals surface area contributed by atoms with Crippen molar-refractivity contribution in [2.45, 2.75) is 25.9 Å². The quantitative estimate of drug-likeness (QED) is 0.336. The molecule has 0 aliphatic rings. The predicted molar refractivity (Wildman–Crippen MR) is 78.3 cm³/mol. The Kier molecular flexibility index (Phi) is 5.35. The van der Waals surface area contributed by atoms with Gasteiger partial charge in [-0.3, -0.25) is 4.79 Å². The average Bonchev–Trinajstić information content (AvgIpc) is 2.37. The predicted octanol–water partition coefficient (Wildman–Crippen LogP) is 2.19. The number of oxime groups is 1. The molecule has 0 atom stereocenters. The minimum atomic E-state index is -0.584. The zero-order chi connectivity index (χ0) is 15.3. The minimum Gasteiger partial charge on any atom is -0.409 e. The number of halogens is 1. The average molecular weight is 300 g/mol. The van der Waals surface area contributed by atoms with Crippen molar-refractivity contribution in [1.82, 2.24) is 0 Å². The molecule has 0 spiro atoms. The largest absolute Gasteiger partial charge is 0.409 e. The van der Waals surface area contributed by atoms with Gasteiger partial charge in [0.05, 0.1) is 17.7 Å². The first-order valence-electron chi connectivity index (χ1n) is 5.91. The number of ether oxygens (including phenoxy) is 1. The monoisotopic (exact) mass is 299 g/mol. The fourth-order valence-corrected chi connectivity index (χ4v) is 1.72. The molecule has 0 aliphatic heterocycles. The molecule has 0 radical (unpaired) electrons. The highest BCUT2D eigenvalue weighted by molar-refractivity contribution is 6.31. The number of carbonyl (C=O) groups excluding carboxylic acids is 1. The summed E-state index contributed by atoms with van der Waals surface area (Å²) >= 11 is 5.89. The molecule has 0 aliphatic carbocycles. The Hall–Kier alpha value is -1.79. The maximum absolute atomic E-state index is 12.0. The van der Waals surface area contributed by atoms with Gasteiger partial charge in [-0.05, 0) is 32.0 Å². The van der Waals surface area contributed by atoms with Crippen molar-refractivity contribution in [3.8, 4) is 0 Å². The first-order chi connectivity index (χ1) is 9.29. The summed E-state index contributed by atoms with van der Waals surface area (Å²) in [6, 6.07) is 4.69. The third-order valence-corrected chi connectivity index (χ3v) is 3.01. The normalized spacial score (nSPS) is 12.3. The van der Waals surface area contributed by atoms with E-state index in [-0.39, 0.29) is 18.2 Å². The maximum Gasteiger partial charge on any atom is 0.227 e. The number of hydrogen-bond donors (Lipinski definition) is 3. The zero-order valence-corrected chi connectivity index (χ0v) is 12.4. The molecule has 7 heteroatoms. The molecular weight excluding hydrogens is 282 g/mol. The van der Waals surface area contributed by atoms with E-state index in [0.717, 1.165) is 0 Å². The van der Waals surface area contributed by atoms with Crippen LogP contribution in [0.2, 0.25) is 5.02 Å². The number of nitrogens with zero attached hydrogens (tertiary/aromatic N) is 1. The molecule has 4 N–H and O–H groups in total. The SMILES string of the molecule is COC(C)(C)CC(=O)Nc1cc(Cl)ccc1/C(N)=N/O. The van der Waals surface area contributed by atoms with Crippen LogP contribution >= 0.6 is 11.6 Å². The molecule has 0 heterocycles. The van der Waals surface area contributed by atoms with Crippen LogP contribution in [0.3, 0.4) is 0 Å². The van der Waals surface area contributed by atoms with Gasteiger partial charge in [-0.2, -0.15) is 0 Å². The Morgan fingerprint density at radius 1 is 1.55 bits per heavy atom. The molecule has 6 nitrogen and oxygen atoms in total. The molecule has 0 bridgehead atoms. The van der Waals surface area contributed by atoms with E-state index >= 15 is 0 Å². The lowest BCUT2D eigenvalue weighted by molar-refractivity contribution is -0.121. The molecule has 0 fully saturated rings. The standard InChI is InChI=1S/C13H18ClN3O3/c1-13(2,20-3)7-11(18)16-10-6-8(14)4-5-9(10)12(15)17-19/h4-6,19H,7H2,1-3H3,(H2,15,17)(H,16,18). The van der Waals surface area contributed by atoms with Crippen molar-refractivity contribution in [3.05, 3.63) is 28.8 Å². The van der Waals surface area contributed by atoms with E-state index in [1.165, 1.54) is 13.2 Å². The summed E-state index contributed by atoms with van der Waals surface area (Å²) in [6.07, 6.45) is 0.158. The molecule has 1 aromatic carbocycles. The van der Waals surface area contributed by atoms with Crippen molar-refractivity contribution in [1.29, 1.82) is 0 Å². The van der Waals surface area contributed by atoms with Crippen LogP contribution in [-0.2, 0) is 9.53 Å². The molecule has 0 unspecified atom stereocenters. The van der Waals surface area contributed by atoms with Gasteiger partial charge < -0.3 is 21.0 Å². The van der Waals surface area contributed by atoms with Gasteiger partial charge in [-0.15, -0.1) is 0 Å². The molecule has 20 heavy (non-hydrogen) atoms. The number of benzene rings is 1. The molecule has 0 aromatic heterocycles. The molecule has 1 amide bonds. The summed E-state index contributed by atoms with van der Waals surface area (Å²) in [7, 11) is 1.54. The molecule has 110 valence electrons. The third kappa shape index (κ3) is 4.40. The summed E-state index contributed by atoms with van der Waals surface area (Å²) in [6.45, 7) is 3.60. The Labute approximate surface area is 122 Å². The van der Waals surface area contributed by atoms with E-state index in [1.807, 2.05) is 0 Å². The van der Waals surface area contributed by atoms with Crippen molar-refractivity contribution in [2.75, 3.05) is 12.4 Å². The number of amides is 1. The van der Waals surface area contributed by atoms with Crippen LogP contribution in [-0.4, -0.2) is 29.7 Å². The Balaban J connectivity index is 2.97. The van der Waals surface area contributed by atoms with E-state index in [4.69, 9.17) is 27.3 Å². The second-order valence-corrected chi connectivity index (χ2v) is 5.30. The Morgan fingerprint density at radius 2 is 2.20 bits per heavy atom. The fraction of sp³-hybridized carbons (Fsp3) is 0.385. The number of methoxy groups -OCH3 is 1. The summed E-state index contributed by atoms with van der Waals surface area (Å²) < 4.78 is 5.19. The highest BCUT2D eigenvalue weighted by atomic mass is 35.5. The van der Waals surface area contributed by atoms with Crippen LogP contribution in [0.1, 0.15) is 25.8 Å². The summed E-state index contributed by atoms with van der Waals surface area (Å²) in [5.41, 5.74) is 5.74. The number of rotatable bonds is 5. The number of amidine groups is 1. The topological polar surface area (TPSA) is 96.9 Å². The third-order valence-electron chi connectivity index (χ3n) is 2.78. The first-order valence-corrected chi connectivity index (χ1v) is 6.29. The van der Waals surface area contributed by atoms with Gasteiger partial charge >= 0.3 is 0 Å². The van der Waals surface area contributed by atoms with Crippen molar-refractivity contribution in [2.24, 2.45) is 10.9 Å². The number of hydrogen-bond acceptors (Lipinski definition) is 4. The van der Waals surface area contributed by atoms with Crippen molar-refractivity contribution >= 4 is 29.0 Å². The number of carbonyl (C=O) groups is 1. The van der Waals surface area contributed by atoms with Crippen LogP contribution in [0.5, 0.6) is 0 Å². The smallest absolute Gasteiger partial charge is 0.227 e. The van der Waals surface area contributed by atoms with E-state index in [1.54, 1.807) is 26.0 Å². The highest BCUT2D eigenvalue weighted by Gasteiger charge is 2.22. The van der Waals surface area contributed by atoms with Crippen molar-refractivity contribution in [3.63, 3.8) is 0 Å². The molecule has 0 saturated carbocycles. The Morgan fingerprint density at radius 3 is 2.75 bits per heavy atom. The lowest BCUT2D eigenvalue weighted by atomic mass is 10.0. The van der Waals surface area contributed by atoms with E-state index < -0.39 is 5.60 Å². The summed E-state index contributed by atoms with van der Waals surface area (Å²) in [5.74, 6) is -0.367. The van der Waals surface area contributed by atoms with Gasteiger partial charge in [0.25, 0.3) is 0 Å². The molecule has 1 aromatic rings. The second-order valence-electron chi connectivity index (χ2n) is 4.86. The van der Waals surface area contributed by atoms with Crippen LogP contribution in [0.25, 0.3) is 0 Å². The highest BCUT2D eigenvalue weighted by Crippen LogP contribution is 2.22. The van der Waals surface area contributed by atoms with E-state index in [0.29, 0.717) is 16.3 Å². The lowest BCUT2D eigenvalue weighted by Gasteiger charge is -2.22. The van der Waals surface area contributed by atoms with Gasteiger partial charge in [0, 0.05) is 17.7 Å². The van der Waals surface area contributed by atoms with E-state index in [9.17, 15) is 4.79 Å².